The van der Waals surface area contributed by atoms with Gasteiger partial charge in [0.25, 0.3) is 0 Å². The maximum atomic E-state index is 9.92. The van der Waals surface area contributed by atoms with Crippen LogP contribution in [0.1, 0.15) is 25.1 Å². The van der Waals surface area contributed by atoms with Crippen LogP contribution >= 0.6 is 11.3 Å². The molecule has 4 nitrogen and oxygen atoms in total. The largest absolute Gasteiger partial charge is 0.487 e. The third-order valence-corrected chi connectivity index (χ3v) is 4.09. The van der Waals surface area contributed by atoms with Crippen LogP contribution < -0.4 is 4.74 Å². The van der Waals surface area contributed by atoms with E-state index in [1.807, 2.05) is 41.8 Å². The number of aliphatic hydroxyl groups is 1. The van der Waals surface area contributed by atoms with Crippen LogP contribution in [0.4, 0.5) is 0 Å². The number of nitrogens with zero attached hydrogens (tertiary/aromatic N) is 1. The first-order valence-electron chi connectivity index (χ1n) is 6.96. The van der Waals surface area contributed by atoms with Gasteiger partial charge in [-0.05, 0) is 43.0 Å². The summed E-state index contributed by atoms with van der Waals surface area (Å²) in [6, 6.07) is 11.3. The van der Waals surface area contributed by atoms with Gasteiger partial charge in [-0.2, -0.15) is 0 Å². The molecule has 0 saturated carbocycles. The maximum absolute atomic E-state index is 9.92. The maximum Gasteiger partial charge on any atom is 0.236 e. The highest BCUT2D eigenvalue weighted by atomic mass is 32.1. The zero-order valence-corrected chi connectivity index (χ0v) is 13.3. The van der Waals surface area contributed by atoms with E-state index in [2.05, 4.69) is 4.98 Å². The van der Waals surface area contributed by atoms with Crippen LogP contribution in [0.15, 0.2) is 52.5 Å². The Kier molecular flexibility index (Phi) is 4.00. The lowest BCUT2D eigenvalue weighted by Gasteiger charge is -2.17. The minimum Gasteiger partial charge on any atom is -0.487 e. The molecular formula is C17H17NO3S. The summed E-state index contributed by atoms with van der Waals surface area (Å²) in [5.74, 6) is 1.35. The second-order valence-corrected chi connectivity index (χ2v) is 6.44. The summed E-state index contributed by atoms with van der Waals surface area (Å²) in [7, 11) is 0. The Hall–Kier alpha value is -2.11. The average molecular weight is 315 g/mol. The van der Waals surface area contributed by atoms with E-state index in [0.29, 0.717) is 12.5 Å². The fourth-order valence-corrected chi connectivity index (χ4v) is 2.66. The van der Waals surface area contributed by atoms with Gasteiger partial charge in [0.1, 0.15) is 24.3 Å². The zero-order valence-electron chi connectivity index (χ0n) is 12.4. The van der Waals surface area contributed by atoms with Crippen LogP contribution in [0, 0.1) is 0 Å². The fraction of sp³-hybridized carbons (Fsp3) is 0.235. The van der Waals surface area contributed by atoms with Gasteiger partial charge in [0.05, 0.1) is 10.5 Å². The molecule has 1 N–H and O–H groups in total. The molecular weight excluding hydrogens is 298 g/mol. The van der Waals surface area contributed by atoms with Gasteiger partial charge in [0, 0.05) is 0 Å². The number of benzene rings is 1. The van der Waals surface area contributed by atoms with Crippen LogP contribution in [0.3, 0.4) is 0 Å². The topological polar surface area (TPSA) is 55.5 Å². The lowest BCUT2D eigenvalue weighted by Crippen LogP contribution is -2.14. The SMILES string of the molecule is CC(C)(O)c1ccc(OCc2coc(-c3cccs3)n2)cc1. The van der Waals surface area contributed by atoms with Crippen molar-refractivity contribution in [2.75, 3.05) is 0 Å². The van der Waals surface area contributed by atoms with E-state index >= 15 is 0 Å². The van der Waals surface area contributed by atoms with Gasteiger partial charge in [-0.25, -0.2) is 4.98 Å². The molecule has 3 rings (SSSR count). The van der Waals surface area contributed by atoms with Crippen molar-refractivity contribution in [3.63, 3.8) is 0 Å². The summed E-state index contributed by atoms with van der Waals surface area (Å²) in [6.07, 6.45) is 1.61. The average Bonchev–Trinajstić information content (AvgIpc) is 3.15. The van der Waals surface area contributed by atoms with Crippen molar-refractivity contribution in [2.45, 2.75) is 26.1 Å². The van der Waals surface area contributed by atoms with E-state index in [1.54, 1.807) is 31.4 Å². The van der Waals surface area contributed by atoms with Gasteiger partial charge in [-0.15, -0.1) is 11.3 Å². The number of oxazole rings is 1. The van der Waals surface area contributed by atoms with Crippen molar-refractivity contribution in [2.24, 2.45) is 0 Å². The summed E-state index contributed by atoms with van der Waals surface area (Å²) in [4.78, 5) is 5.40. The molecule has 2 heterocycles. The second kappa shape index (κ2) is 5.94. The van der Waals surface area contributed by atoms with Crippen LogP contribution in [-0.4, -0.2) is 10.1 Å². The minimum atomic E-state index is -0.847. The summed E-state index contributed by atoms with van der Waals surface area (Å²) >= 11 is 1.59. The standard InChI is InChI=1S/C17H17NO3S/c1-17(2,19)12-5-7-14(8-6-12)20-10-13-11-21-16(18-13)15-4-3-9-22-15/h3-9,11,19H,10H2,1-2H3. The van der Waals surface area contributed by atoms with Crippen LogP contribution in [-0.2, 0) is 12.2 Å². The molecule has 0 aliphatic carbocycles. The molecule has 0 amide bonds. The highest BCUT2D eigenvalue weighted by Gasteiger charge is 2.15. The second-order valence-electron chi connectivity index (χ2n) is 5.49. The molecule has 0 spiro atoms. The molecule has 0 aliphatic heterocycles. The highest BCUT2D eigenvalue weighted by Crippen LogP contribution is 2.25. The lowest BCUT2D eigenvalue weighted by molar-refractivity contribution is 0.0785. The van der Waals surface area contributed by atoms with Crippen molar-refractivity contribution in [1.29, 1.82) is 0 Å². The summed E-state index contributed by atoms with van der Waals surface area (Å²) in [5.41, 5.74) is 0.747. The number of hydrogen-bond donors (Lipinski definition) is 1. The minimum absolute atomic E-state index is 0.344. The molecule has 0 atom stereocenters. The van der Waals surface area contributed by atoms with E-state index in [0.717, 1.165) is 21.9 Å². The number of aromatic nitrogens is 1. The lowest BCUT2D eigenvalue weighted by atomic mass is 9.99. The van der Waals surface area contributed by atoms with Gasteiger partial charge < -0.3 is 14.3 Å². The predicted molar refractivity (Wildman–Crippen MR) is 85.8 cm³/mol. The number of hydrogen-bond acceptors (Lipinski definition) is 5. The molecule has 0 unspecified atom stereocenters. The monoisotopic (exact) mass is 315 g/mol. The zero-order chi connectivity index (χ0) is 15.6. The first-order chi connectivity index (χ1) is 10.5. The molecule has 3 aromatic rings. The van der Waals surface area contributed by atoms with Crippen molar-refractivity contribution < 1.29 is 14.3 Å². The quantitative estimate of drug-likeness (QED) is 0.766. The van der Waals surface area contributed by atoms with Crippen molar-refractivity contribution in [1.82, 2.24) is 4.98 Å². The number of ether oxygens (including phenoxy) is 1. The van der Waals surface area contributed by atoms with E-state index in [-0.39, 0.29) is 0 Å². The van der Waals surface area contributed by atoms with Crippen LogP contribution in [0.5, 0.6) is 5.75 Å². The molecule has 0 bridgehead atoms. The third kappa shape index (κ3) is 3.37. The molecule has 0 saturated heterocycles. The third-order valence-electron chi connectivity index (χ3n) is 3.23. The summed E-state index contributed by atoms with van der Waals surface area (Å²) < 4.78 is 11.1. The van der Waals surface area contributed by atoms with Gasteiger partial charge in [-0.3, -0.25) is 0 Å². The summed E-state index contributed by atoms with van der Waals surface area (Å²) in [5, 5.41) is 11.9. The fourth-order valence-electron chi connectivity index (χ4n) is 2.00. The number of thiophene rings is 1. The highest BCUT2D eigenvalue weighted by molar-refractivity contribution is 7.13. The summed E-state index contributed by atoms with van der Waals surface area (Å²) in [6.45, 7) is 3.85. The molecule has 114 valence electrons. The first kappa shape index (κ1) is 14.8. The van der Waals surface area contributed by atoms with Gasteiger partial charge in [0.15, 0.2) is 0 Å². The van der Waals surface area contributed by atoms with Crippen LogP contribution in [0.25, 0.3) is 10.8 Å². The van der Waals surface area contributed by atoms with E-state index in [4.69, 9.17) is 9.15 Å². The Morgan fingerprint density at radius 2 is 2.00 bits per heavy atom. The van der Waals surface area contributed by atoms with Gasteiger partial charge >= 0.3 is 0 Å². The van der Waals surface area contributed by atoms with E-state index in [1.165, 1.54) is 0 Å². The Bertz CT molecular complexity index is 724. The van der Waals surface area contributed by atoms with E-state index < -0.39 is 5.60 Å². The van der Waals surface area contributed by atoms with Gasteiger partial charge in [0.2, 0.25) is 5.89 Å². The Morgan fingerprint density at radius 3 is 2.64 bits per heavy atom. The molecule has 0 fully saturated rings. The van der Waals surface area contributed by atoms with Crippen LogP contribution in [0.2, 0.25) is 0 Å². The van der Waals surface area contributed by atoms with Crippen molar-refractivity contribution in [3.8, 4) is 16.5 Å². The molecule has 22 heavy (non-hydrogen) atoms. The molecule has 0 radical (unpaired) electrons. The number of rotatable bonds is 5. The van der Waals surface area contributed by atoms with Crippen molar-refractivity contribution >= 4 is 11.3 Å². The molecule has 5 heteroatoms. The van der Waals surface area contributed by atoms with E-state index in [9.17, 15) is 5.11 Å². The molecule has 1 aromatic carbocycles. The smallest absolute Gasteiger partial charge is 0.236 e. The predicted octanol–water partition coefficient (Wildman–Crippen LogP) is 4.21. The Morgan fingerprint density at radius 1 is 1.23 bits per heavy atom. The molecule has 2 aromatic heterocycles. The Balaban J connectivity index is 1.63. The Labute approximate surface area is 133 Å². The van der Waals surface area contributed by atoms with Crippen molar-refractivity contribution in [3.05, 3.63) is 59.3 Å². The molecule has 0 aliphatic rings. The first-order valence-corrected chi connectivity index (χ1v) is 7.84. The van der Waals surface area contributed by atoms with Gasteiger partial charge in [-0.1, -0.05) is 18.2 Å². The normalized spacial score (nSPS) is 11.6.